The van der Waals surface area contributed by atoms with Crippen molar-refractivity contribution >= 4 is 50.0 Å². The number of benzene rings is 1. The quantitative estimate of drug-likeness (QED) is 0.309. The summed E-state index contributed by atoms with van der Waals surface area (Å²) in [6.45, 7) is 5.34. The van der Waals surface area contributed by atoms with Crippen molar-refractivity contribution in [3.05, 3.63) is 36.0 Å². The highest BCUT2D eigenvalue weighted by molar-refractivity contribution is 7.99. The summed E-state index contributed by atoms with van der Waals surface area (Å²) in [5, 5.41) is 19.1. The lowest BCUT2D eigenvalue weighted by Gasteiger charge is -2.39. The molecule has 1 amide bonds. The molecule has 0 radical (unpaired) electrons. The Bertz CT molecular complexity index is 1480. The molecule has 3 fully saturated rings. The van der Waals surface area contributed by atoms with Crippen LogP contribution in [-0.2, 0) is 11.2 Å². The van der Waals surface area contributed by atoms with Crippen LogP contribution < -0.4 is 5.01 Å². The highest BCUT2D eigenvalue weighted by atomic mass is 32.2. The number of amides is 1. The summed E-state index contributed by atoms with van der Waals surface area (Å²) in [6, 6.07) is 11.1. The van der Waals surface area contributed by atoms with Crippen molar-refractivity contribution in [2.75, 3.05) is 31.2 Å². The molecule has 1 aromatic carbocycles. The van der Waals surface area contributed by atoms with Gasteiger partial charge in [0.15, 0.2) is 5.65 Å². The molecule has 11 heteroatoms. The average Bonchev–Trinajstić information content (AvgIpc) is 3.61. The molecule has 7 rings (SSSR count). The van der Waals surface area contributed by atoms with Crippen LogP contribution >= 0.6 is 23.1 Å². The number of nitrogens with zero attached hydrogens (tertiary/aromatic N) is 8. The molecule has 1 saturated heterocycles. The molecule has 0 unspecified atom stereocenters. The second kappa shape index (κ2) is 10.8. The number of thiazole rings is 1. The standard InChI is InChI=1S/C28H34N8OS2/c1-19(37)36(34-15-13-33(14-16-34)22-8-9-22)27-29-24-11-10-23(18-25(24)39-27)38-28-31-30-26-12-7-21(32-35(26)28)17-20-5-3-2-4-6-20/h7,10-12,18,20,22H,2-6,8-9,13-17H2,1H3. The number of hydrogen-bond acceptors (Lipinski definition) is 9. The molecule has 2 aliphatic carbocycles. The molecule has 2 saturated carbocycles. The van der Waals surface area contributed by atoms with E-state index in [0.717, 1.165) is 81.3 Å². The molecule has 204 valence electrons. The maximum atomic E-state index is 12.7. The van der Waals surface area contributed by atoms with E-state index in [0.29, 0.717) is 0 Å². The molecular weight excluding hydrogens is 528 g/mol. The van der Waals surface area contributed by atoms with Gasteiger partial charge in [0.25, 0.3) is 0 Å². The fraction of sp³-hybridized carbons (Fsp3) is 0.536. The van der Waals surface area contributed by atoms with E-state index in [2.05, 4.69) is 38.3 Å². The minimum absolute atomic E-state index is 0.00793. The molecule has 39 heavy (non-hydrogen) atoms. The van der Waals surface area contributed by atoms with Crippen molar-refractivity contribution in [2.24, 2.45) is 5.92 Å². The lowest BCUT2D eigenvalue weighted by atomic mass is 9.86. The second-order valence-electron chi connectivity index (χ2n) is 11.1. The summed E-state index contributed by atoms with van der Waals surface area (Å²) in [5.41, 5.74) is 2.78. The molecule has 0 spiro atoms. The normalized spacial score (nSPS) is 19.7. The summed E-state index contributed by atoms with van der Waals surface area (Å²) in [4.78, 5) is 21.2. The first-order chi connectivity index (χ1) is 19.1. The third-order valence-electron chi connectivity index (χ3n) is 8.19. The predicted molar refractivity (Wildman–Crippen MR) is 154 cm³/mol. The number of hydrazine groups is 1. The van der Waals surface area contributed by atoms with Crippen LogP contribution in [0.4, 0.5) is 5.13 Å². The number of piperazine rings is 1. The van der Waals surface area contributed by atoms with E-state index < -0.39 is 0 Å². The van der Waals surface area contributed by atoms with Gasteiger partial charge in [0.2, 0.25) is 16.2 Å². The van der Waals surface area contributed by atoms with E-state index in [9.17, 15) is 4.79 Å². The lowest BCUT2D eigenvalue weighted by molar-refractivity contribution is -0.120. The summed E-state index contributed by atoms with van der Waals surface area (Å²) in [5.74, 6) is 0.740. The number of aromatic nitrogens is 5. The van der Waals surface area contributed by atoms with Gasteiger partial charge in [0, 0.05) is 44.0 Å². The first kappa shape index (κ1) is 25.4. The number of carbonyl (C=O) groups is 1. The number of anilines is 1. The van der Waals surface area contributed by atoms with Crippen molar-refractivity contribution in [3.63, 3.8) is 0 Å². The van der Waals surface area contributed by atoms with E-state index in [-0.39, 0.29) is 5.91 Å². The van der Waals surface area contributed by atoms with Gasteiger partial charge in [0.05, 0.1) is 15.9 Å². The first-order valence-corrected chi connectivity index (χ1v) is 15.8. The maximum absolute atomic E-state index is 12.7. The van der Waals surface area contributed by atoms with Gasteiger partial charge in [-0.05, 0) is 67.3 Å². The van der Waals surface area contributed by atoms with Gasteiger partial charge in [-0.25, -0.2) is 15.0 Å². The van der Waals surface area contributed by atoms with E-state index in [1.807, 2.05) is 16.6 Å². The van der Waals surface area contributed by atoms with Gasteiger partial charge < -0.3 is 0 Å². The average molecular weight is 563 g/mol. The molecule has 4 heterocycles. The molecule has 0 N–H and O–H groups in total. The van der Waals surface area contributed by atoms with E-state index in [1.165, 1.54) is 44.9 Å². The van der Waals surface area contributed by atoms with Gasteiger partial charge >= 0.3 is 0 Å². The topological polar surface area (TPSA) is 82.8 Å². The zero-order chi connectivity index (χ0) is 26.3. The highest BCUT2D eigenvalue weighted by Crippen LogP contribution is 2.36. The number of fused-ring (bicyclic) bond motifs is 2. The van der Waals surface area contributed by atoms with Gasteiger partial charge in [-0.3, -0.25) is 9.69 Å². The van der Waals surface area contributed by atoms with Crippen LogP contribution in [0, 0.1) is 5.92 Å². The highest BCUT2D eigenvalue weighted by Gasteiger charge is 2.34. The zero-order valence-electron chi connectivity index (χ0n) is 22.3. The van der Waals surface area contributed by atoms with Crippen molar-refractivity contribution in [1.29, 1.82) is 0 Å². The van der Waals surface area contributed by atoms with Crippen LogP contribution in [-0.4, -0.2) is 72.8 Å². The maximum Gasteiger partial charge on any atom is 0.240 e. The van der Waals surface area contributed by atoms with Crippen molar-refractivity contribution < 1.29 is 4.79 Å². The first-order valence-electron chi connectivity index (χ1n) is 14.2. The molecule has 0 atom stereocenters. The Morgan fingerprint density at radius 1 is 1.03 bits per heavy atom. The fourth-order valence-electron chi connectivity index (χ4n) is 5.99. The largest absolute Gasteiger partial charge is 0.298 e. The Hall–Kier alpha value is -2.60. The Balaban J connectivity index is 1.09. The van der Waals surface area contributed by atoms with E-state index >= 15 is 0 Å². The Morgan fingerprint density at radius 3 is 2.62 bits per heavy atom. The molecule has 3 aromatic heterocycles. The zero-order valence-corrected chi connectivity index (χ0v) is 24.0. The summed E-state index contributed by atoms with van der Waals surface area (Å²) >= 11 is 3.13. The van der Waals surface area contributed by atoms with Crippen LogP contribution in [0.25, 0.3) is 15.9 Å². The minimum atomic E-state index is 0.00793. The predicted octanol–water partition coefficient (Wildman–Crippen LogP) is 5.06. The van der Waals surface area contributed by atoms with E-state index in [1.54, 1.807) is 35.0 Å². The van der Waals surface area contributed by atoms with Crippen LogP contribution in [0.5, 0.6) is 0 Å². The number of hydrogen-bond donors (Lipinski definition) is 0. The Kier molecular flexibility index (Phi) is 7.00. The SMILES string of the molecule is CC(=O)N(c1nc2ccc(Sc3nnc4ccc(CC5CCCCC5)nn34)cc2s1)N1CCN(C2CC2)CC1. The molecular formula is C28H34N8OS2. The van der Waals surface area contributed by atoms with Crippen LogP contribution in [0.3, 0.4) is 0 Å². The summed E-state index contributed by atoms with van der Waals surface area (Å²) in [7, 11) is 0. The second-order valence-corrected chi connectivity index (χ2v) is 13.1. The monoisotopic (exact) mass is 562 g/mol. The van der Waals surface area contributed by atoms with Crippen molar-refractivity contribution in [2.45, 2.75) is 74.4 Å². The van der Waals surface area contributed by atoms with Crippen LogP contribution in [0.2, 0.25) is 0 Å². The molecule has 4 aromatic rings. The van der Waals surface area contributed by atoms with Crippen molar-refractivity contribution in [1.82, 2.24) is 34.7 Å². The third kappa shape index (κ3) is 5.41. The number of carbonyl (C=O) groups excluding carboxylic acids is 1. The molecule has 3 aliphatic rings. The van der Waals surface area contributed by atoms with Gasteiger partial charge in [-0.1, -0.05) is 43.4 Å². The molecule has 1 aliphatic heterocycles. The lowest BCUT2D eigenvalue weighted by Crippen LogP contribution is -2.55. The Labute approximate surface area is 236 Å². The fourth-order valence-corrected chi connectivity index (χ4v) is 7.97. The summed E-state index contributed by atoms with van der Waals surface area (Å²) < 4.78 is 2.93. The third-order valence-corrected chi connectivity index (χ3v) is 10.1. The van der Waals surface area contributed by atoms with Gasteiger partial charge in [-0.2, -0.15) is 9.61 Å². The minimum Gasteiger partial charge on any atom is -0.298 e. The van der Waals surface area contributed by atoms with Crippen LogP contribution in [0.1, 0.15) is 57.6 Å². The van der Waals surface area contributed by atoms with Gasteiger partial charge in [-0.15, -0.1) is 10.2 Å². The smallest absolute Gasteiger partial charge is 0.240 e. The van der Waals surface area contributed by atoms with E-state index in [4.69, 9.17) is 10.1 Å². The molecule has 9 nitrogen and oxygen atoms in total. The summed E-state index contributed by atoms with van der Waals surface area (Å²) in [6.07, 6.45) is 10.3. The number of rotatable bonds is 7. The van der Waals surface area contributed by atoms with Gasteiger partial charge in [0.1, 0.15) is 0 Å². The molecule has 0 bridgehead atoms. The Morgan fingerprint density at radius 2 is 1.85 bits per heavy atom. The van der Waals surface area contributed by atoms with Crippen molar-refractivity contribution in [3.8, 4) is 0 Å². The van der Waals surface area contributed by atoms with Crippen LogP contribution in [0.15, 0.2) is 40.4 Å².